The zero-order valence-corrected chi connectivity index (χ0v) is 17.5. The molecule has 1 aliphatic heterocycles. The summed E-state index contributed by atoms with van der Waals surface area (Å²) in [4.78, 5) is 27.0. The Bertz CT molecular complexity index is 1120. The van der Waals surface area contributed by atoms with Gasteiger partial charge in [-0.05, 0) is 37.1 Å². The summed E-state index contributed by atoms with van der Waals surface area (Å²) < 4.78 is 29.0. The van der Waals surface area contributed by atoms with Gasteiger partial charge in [-0.2, -0.15) is 5.10 Å². The summed E-state index contributed by atoms with van der Waals surface area (Å²) in [6.45, 7) is 0.880. The van der Waals surface area contributed by atoms with E-state index >= 15 is 0 Å². The Morgan fingerprint density at radius 2 is 1.78 bits per heavy atom. The van der Waals surface area contributed by atoms with Crippen molar-refractivity contribution in [3.8, 4) is 11.3 Å². The molecule has 166 valence electrons. The molecule has 1 fully saturated rings. The highest BCUT2D eigenvalue weighted by Crippen LogP contribution is 2.27. The first kappa shape index (κ1) is 21.5. The van der Waals surface area contributed by atoms with Crippen LogP contribution in [0.15, 0.2) is 54.7 Å². The van der Waals surface area contributed by atoms with Crippen molar-refractivity contribution in [2.24, 2.45) is 7.05 Å². The molecule has 1 aliphatic rings. The highest BCUT2D eigenvalue weighted by Gasteiger charge is 2.28. The second kappa shape index (κ2) is 9.17. The van der Waals surface area contributed by atoms with Gasteiger partial charge in [0, 0.05) is 49.7 Å². The third-order valence-corrected chi connectivity index (χ3v) is 5.39. The quantitative estimate of drug-likeness (QED) is 0.649. The number of nitrogens with one attached hydrogen (secondary N) is 2. The minimum Gasteiger partial charge on any atom is -0.338 e. The fraction of sp³-hybridized carbons (Fsp3) is 0.261. The maximum Gasteiger partial charge on any atom is 0.319 e. The van der Waals surface area contributed by atoms with Crippen LogP contribution in [0.3, 0.4) is 0 Å². The molecule has 32 heavy (non-hydrogen) atoms. The summed E-state index contributed by atoms with van der Waals surface area (Å²) >= 11 is 0. The third kappa shape index (κ3) is 4.77. The lowest BCUT2D eigenvalue weighted by molar-refractivity contribution is 0.0709. The number of amides is 3. The Labute approximate surface area is 184 Å². The number of anilines is 1. The number of urea groups is 1. The van der Waals surface area contributed by atoms with Crippen molar-refractivity contribution in [2.45, 2.75) is 18.9 Å². The molecule has 2 aromatic carbocycles. The highest BCUT2D eigenvalue weighted by atomic mass is 19.1. The molecule has 2 N–H and O–H groups in total. The van der Waals surface area contributed by atoms with Crippen LogP contribution in [0.1, 0.15) is 23.2 Å². The predicted molar refractivity (Wildman–Crippen MR) is 116 cm³/mol. The van der Waals surface area contributed by atoms with Gasteiger partial charge in [0.1, 0.15) is 17.3 Å². The fourth-order valence-corrected chi connectivity index (χ4v) is 3.80. The van der Waals surface area contributed by atoms with Crippen LogP contribution in [0.5, 0.6) is 0 Å². The standard InChI is InChI=1S/C23H23F2N5O2/c1-29-14-19(21(28-29)18-8-7-15(24)13-20(18)25)22(31)30-11-9-17(10-12-30)27-23(32)26-16-5-3-2-4-6-16/h2-8,13-14,17H,9-12H2,1H3,(H2,26,27,32). The van der Waals surface area contributed by atoms with Gasteiger partial charge < -0.3 is 15.5 Å². The molecule has 7 nitrogen and oxygen atoms in total. The Hall–Kier alpha value is -3.75. The lowest BCUT2D eigenvalue weighted by Crippen LogP contribution is -2.47. The Morgan fingerprint density at radius 3 is 2.47 bits per heavy atom. The summed E-state index contributed by atoms with van der Waals surface area (Å²) in [7, 11) is 1.64. The zero-order chi connectivity index (χ0) is 22.7. The van der Waals surface area contributed by atoms with E-state index in [1.54, 1.807) is 24.1 Å². The summed E-state index contributed by atoms with van der Waals surface area (Å²) in [6.07, 6.45) is 2.72. The van der Waals surface area contributed by atoms with Gasteiger partial charge in [0.05, 0.1) is 5.56 Å². The van der Waals surface area contributed by atoms with Crippen LogP contribution in [0.2, 0.25) is 0 Å². The molecule has 9 heteroatoms. The van der Waals surface area contributed by atoms with Gasteiger partial charge in [0.25, 0.3) is 5.91 Å². The minimum absolute atomic E-state index is 0.0642. The molecule has 1 saturated heterocycles. The molecule has 2 heterocycles. The lowest BCUT2D eigenvalue weighted by Gasteiger charge is -2.32. The van der Waals surface area contributed by atoms with Crippen molar-refractivity contribution in [3.63, 3.8) is 0 Å². The number of piperidine rings is 1. The fourth-order valence-electron chi connectivity index (χ4n) is 3.80. The largest absolute Gasteiger partial charge is 0.338 e. The Morgan fingerprint density at radius 1 is 1.06 bits per heavy atom. The summed E-state index contributed by atoms with van der Waals surface area (Å²) in [5.74, 6) is -1.74. The molecule has 0 unspecified atom stereocenters. The first-order valence-corrected chi connectivity index (χ1v) is 10.3. The van der Waals surface area contributed by atoms with Crippen LogP contribution >= 0.6 is 0 Å². The van der Waals surface area contributed by atoms with Gasteiger partial charge in [0.15, 0.2) is 0 Å². The summed E-state index contributed by atoms with van der Waals surface area (Å²) in [6, 6.07) is 12.0. The SMILES string of the molecule is Cn1cc(C(=O)N2CCC(NC(=O)Nc3ccccc3)CC2)c(-c2ccc(F)cc2F)n1. The van der Waals surface area contributed by atoms with Crippen molar-refractivity contribution < 1.29 is 18.4 Å². The number of rotatable bonds is 4. The van der Waals surface area contributed by atoms with Crippen LogP contribution in [0, 0.1) is 11.6 Å². The molecule has 4 rings (SSSR count). The monoisotopic (exact) mass is 439 g/mol. The highest BCUT2D eigenvalue weighted by molar-refractivity contribution is 6.00. The average Bonchev–Trinajstić information content (AvgIpc) is 3.15. The molecule has 0 aliphatic carbocycles. The Kier molecular flexibility index (Phi) is 6.16. The normalized spacial score (nSPS) is 14.3. The maximum absolute atomic E-state index is 14.3. The summed E-state index contributed by atoms with van der Waals surface area (Å²) in [5.41, 5.74) is 1.21. The van der Waals surface area contributed by atoms with Crippen LogP contribution in [-0.4, -0.2) is 45.8 Å². The number of halogens is 2. The summed E-state index contributed by atoms with van der Waals surface area (Å²) in [5, 5.41) is 9.94. The van der Waals surface area contributed by atoms with E-state index in [4.69, 9.17) is 0 Å². The molecule has 0 radical (unpaired) electrons. The zero-order valence-electron chi connectivity index (χ0n) is 17.5. The minimum atomic E-state index is -0.773. The second-order valence-electron chi connectivity index (χ2n) is 7.72. The van der Waals surface area contributed by atoms with Gasteiger partial charge in [0.2, 0.25) is 0 Å². The van der Waals surface area contributed by atoms with Crippen molar-refractivity contribution in [2.75, 3.05) is 18.4 Å². The van der Waals surface area contributed by atoms with Crippen molar-refractivity contribution in [3.05, 3.63) is 71.9 Å². The van der Waals surface area contributed by atoms with Gasteiger partial charge in [-0.3, -0.25) is 9.48 Å². The first-order valence-electron chi connectivity index (χ1n) is 10.3. The van der Waals surface area contributed by atoms with Crippen LogP contribution in [-0.2, 0) is 7.05 Å². The van der Waals surface area contributed by atoms with Crippen LogP contribution in [0.25, 0.3) is 11.3 Å². The van der Waals surface area contributed by atoms with E-state index in [0.29, 0.717) is 31.6 Å². The molecule has 0 spiro atoms. The van der Waals surface area contributed by atoms with Gasteiger partial charge in [-0.15, -0.1) is 0 Å². The van der Waals surface area contributed by atoms with Crippen molar-refractivity contribution >= 4 is 17.6 Å². The number of carbonyl (C=O) groups is 2. The van der Waals surface area contributed by atoms with Gasteiger partial charge in [-0.1, -0.05) is 18.2 Å². The molecular weight excluding hydrogens is 416 g/mol. The molecule has 0 saturated carbocycles. The smallest absolute Gasteiger partial charge is 0.319 e. The average molecular weight is 439 g/mol. The molecule has 0 atom stereocenters. The van der Waals surface area contributed by atoms with Crippen LogP contribution < -0.4 is 10.6 Å². The molecule has 3 amide bonds. The van der Waals surface area contributed by atoms with Crippen LogP contribution in [0.4, 0.5) is 19.3 Å². The van der Waals surface area contributed by atoms with Crippen molar-refractivity contribution in [1.29, 1.82) is 0 Å². The van der Waals surface area contributed by atoms with E-state index in [2.05, 4.69) is 15.7 Å². The number of hydrogen-bond acceptors (Lipinski definition) is 3. The number of hydrogen-bond donors (Lipinski definition) is 2. The van der Waals surface area contributed by atoms with E-state index in [1.807, 2.05) is 18.2 Å². The molecule has 1 aromatic heterocycles. The van der Waals surface area contributed by atoms with E-state index in [9.17, 15) is 18.4 Å². The second-order valence-corrected chi connectivity index (χ2v) is 7.72. The Balaban J connectivity index is 1.39. The number of likely N-dealkylation sites (tertiary alicyclic amines) is 1. The van der Waals surface area contributed by atoms with E-state index in [-0.39, 0.29) is 34.8 Å². The molecule has 0 bridgehead atoms. The number of aromatic nitrogens is 2. The maximum atomic E-state index is 14.3. The molecular formula is C23H23F2N5O2. The van der Waals surface area contributed by atoms with E-state index < -0.39 is 11.6 Å². The topological polar surface area (TPSA) is 79.3 Å². The number of benzene rings is 2. The van der Waals surface area contributed by atoms with Crippen molar-refractivity contribution in [1.82, 2.24) is 20.0 Å². The predicted octanol–water partition coefficient (Wildman–Crippen LogP) is 3.79. The van der Waals surface area contributed by atoms with Gasteiger partial charge >= 0.3 is 6.03 Å². The third-order valence-electron chi connectivity index (χ3n) is 5.39. The molecule has 3 aromatic rings. The van der Waals surface area contributed by atoms with E-state index in [1.165, 1.54) is 16.9 Å². The van der Waals surface area contributed by atoms with E-state index in [0.717, 1.165) is 12.1 Å². The number of carbonyl (C=O) groups excluding carboxylic acids is 2. The number of nitrogens with zero attached hydrogens (tertiary/aromatic N) is 3. The van der Waals surface area contributed by atoms with Gasteiger partial charge in [-0.25, -0.2) is 13.6 Å². The lowest BCUT2D eigenvalue weighted by atomic mass is 10.0. The first-order chi connectivity index (χ1) is 15.4. The number of aryl methyl sites for hydroxylation is 1. The number of para-hydroxylation sites is 1.